The van der Waals surface area contributed by atoms with Crippen molar-refractivity contribution in [1.29, 1.82) is 0 Å². The largest absolute Gasteiger partial charge is 0.344 e. The molecule has 26 heavy (non-hydrogen) atoms. The molecule has 1 aromatic carbocycles. The van der Waals surface area contributed by atoms with Gasteiger partial charge in [-0.3, -0.25) is 19.9 Å². The molecule has 1 spiro atoms. The highest BCUT2D eigenvalue weighted by Gasteiger charge is 2.52. The standard InChI is InChI=1S/C19H24N4O3/c24-16(13-22-11-8-14-6-2-3-7-15(14)12-22)21-23-17(25)19(20-18(23)26)9-4-1-5-10-19/h2-3,6-7H,1,4-5,8-13H2,(H,20,26)(H,21,24). The van der Waals surface area contributed by atoms with Crippen LogP contribution < -0.4 is 10.7 Å². The fourth-order valence-corrected chi connectivity index (χ4v) is 4.27. The zero-order valence-corrected chi connectivity index (χ0v) is 14.8. The number of fused-ring (bicyclic) bond motifs is 1. The Balaban J connectivity index is 1.36. The quantitative estimate of drug-likeness (QED) is 0.801. The molecule has 0 bridgehead atoms. The number of carbonyl (C=O) groups is 3. The van der Waals surface area contributed by atoms with Crippen LogP contribution in [-0.2, 0) is 22.6 Å². The second-order valence-corrected chi connectivity index (χ2v) is 7.48. The Bertz CT molecular complexity index is 742. The second kappa shape index (κ2) is 6.72. The van der Waals surface area contributed by atoms with Crippen LogP contribution in [0, 0.1) is 0 Å². The lowest BCUT2D eigenvalue weighted by Gasteiger charge is -2.30. The molecule has 1 saturated heterocycles. The molecular formula is C19H24N4O3. The summed E-state index contributed by atoms with van der Waals surface area (Å²) in [7, 11) is 0. The lowest BCUT2D eigenvalue weighted by atomic mass is 9.82. The molecule has 0 radical (unpaired) electrons. The van der Waals surface area contributed by atoms with Gasteiger partial charge < -0.3 is 5.32 Å². The minimum Gasteiger partial charge on any atom is -0.322 e. The molecule has 4 amide bonds. The molecule has 0 aromatic heterocycles. The summed E-state index contributed by atoms with van der Waals surface area (Å²) in [5.41, 5.74) is 4.24. The molecule has 7 heteroatoms. The Hall–Kier alpha value is -2.41. The highest BCUT2D eigenvalue weighted by Crippen LogP contribution is 2.33. The summed E-state index contributed by atoms with van der Waals surface area (Å²) in [4.78, 5) is 39.4. The lowest BCUT2D eigenvalue weighted by Crippen LogP contribution is -2.52. The van der Waals surface area contributed by atoms with E-state index in [2.05, 4.69) is 22.9 Å². The number of imide groups is 1. The zero-order chi connectivity index (χ0) is 18.1. The number of amides is 4. The maximum absolute atomic E-state index is 12.7. The van der Waals surface area contributed by atoms with Crippen molar-refractivity contribution in [3.8, 4) is 0 Å². The third-order valence-electron chi connectivity index (χ3n) is 5.68. The van der Waals surface area contributed by atoms with Gasteiger partial charge in [-0.2, -0.15) is 5.01 Å². The highest BCUT2D eigenvalue weighted by molar-refractivity contribution is 6.08. The van der Waals surface area contributed by atoms with Gasteiger partial charge in [0.15, 0.2) is 0 Å². The van der Waals surface area contributed by atoms with Crippen LogP contribution in [-0.4, -0.2) is 46.4 Å². The van der Waals surface area contributed by atoms with Crippen molar-refractivity contribution in [2.45, 2.75) is 50.6 Å². The van der Waals surface area contributed by atoms with Gasteiger partial charge in [0, 0.05) is 13.1 Å². The maximum atomic E-state index is 12.7. The van der Waals surface area contributed by atoms with Gasteiger partial charge in [-0.25, -0.2) is 4.79 Å². The summed E-state index contributed by atoms with van der Waals surface area (Å²) in [5, 5.41) is 3.68. The van der Waals surface area contributed by atoms with E-state index < -0.39 is 11.6 Å². The van der Waals surface area contributed by atoms with Gasteiger partial charge in [0.25, 0.3) is 11.8 Å². The Morgan fingerprint density at radius 2 is 1.85 bits per heavy atom. The van der Waals surface area contributed by atoms with Crippen LogP contribution in [0.5, 0.6) is 0 Å². The predicted octanol–water partition coefficient (Wildman–Crippen LogP) is 1.33. The van der Waals surface area contributed by atoms with Crippen LogP contribution in [0.2, 0.25) is 0 Å². The molecule has 138 valence electrons. The van der Waals surface area contributed by atoms with Crippen molar-refractivity contribution in [1.82, 2.24) is 20.7 Å². The lowest BCUT2D eigenvalue weighted by molar-refractivity contribution is -0.140. The van der Waals surface area contributed by atoms with E-state index in [1.165, 1.54) is 11.1 Å². The number of rotatable bonds is 3. The number of nitrogens with zero attached hydrogens (tertiary/aromatic N) is 2. The first kappa shape index (κ1) is 17.0. The van der Waals surface area contributed by atoms with Crippen LogP contribution in [0.15, 0.2) is 24.3 Å². The molecule has 2 heterocycles. The summed E-state index contributed by atoms with van der Waals surface area (Å²) >= 11 is 0. The third-order valence-corrected chi connectivity index (χ3v) is 5.68. The van der Waals surface area contributed by atoms with Crippen LogP contribution in [0.3, 0.4) is 0 Å². The average molecular weight is 356 g/mol. The summed E-state index contributed by atoms with van der Waals surface area (Å²) in [6, 6.07) is 7.70. The first-order valence-electron chi connectivity index (χ1n) is 9.33. The molecule has 3 aliphatic rings. The van der Waals surface area contributed by atoms with Crippen LogP contribution in [0.1, 0.15) is 43.2 Å². The van der Waals surface area contributed by atoms with Gasteiger partial charge in [-0.15, -0.1) is 0 Å². The van der Waals surface area contributed by atoms with Crippen molar-refractivity contribution in [3.63, 3.8) is 0 Å². The second-order valence-electron chi connectivity index (χ2n) is 7.48. The number of urea groups is 1. The minimum absolute atomic E-state index is 0.165. The molecule has 1 saturated carbocycles. The topological polar surface area (TPSA) is 81.8 Å². The molecule has 1 aliphatic carbocycles. The van der Waals surface area contributed by atoms with Crippen LogP contribution >= 0.6 is 0 Å². The zero-order valence-electron chi connectivity index (χ0n) is 14.8. The number of hydrogen-bond donors (Lipinski definition) is 2. The average Bonchev–Trinajstić information content (AvgIpc) is 2.86. The van der Waals surface area contributed by atoms with Crippen molar-refractivity contribution in [3.05, 3.63) is 35.4 Å². The van der Waals surface area contributed by atoms with Gasteiger partial charge in [-0.05, 0) is 30.4 Å². The van der Waals surface area contributed by atoms with Crippen molar-refractivity contribution >= 4 is 17.8 Å². The third kappa shape index (κ3) is 3.07. The Labute approximate surface area is 152 Å². The fourth-order valence-electron chi connectivity index (χ4n) is 4.27. The van der Waals surface area contributed by atoms with Gasteiger partial charge in [0.2, 0.25) is 0 Å². The van der Waals surface area contributed by atoms with E-state index in [1.54, 1.807) is 0 Å². The van der Waals surface area contributed by atoms with Gasteiger partial charge in [0.05, 0.1) is 6.54 Å². The van der Waals surface area contributed by atoms with E-state index in [9.17, 15) is 14.4 Å². The Morgan fingerprint density at radius 3 is 2.62 bits per heavy atom. The monoisotopic (exact) mass is 356 g/mol. The maximum Gasteiger partial charge on any atom is 0.344 e. The number of hydrazine groups is 1. The molecule has 1 aromatic rings. The number of benzene rings is 1. The summed E-state index contributed by atoms with van der Waals surface area (Å²) in [6.07, 6.45) is 5.10. The number of nitrogens with one attached hydrogen (secondary N) is 2. The Kier molecular flexibility index (Phi) is 4.40. The van der Waals surface area contributed by atoms with Crippen molar-refractivity contribution in [2.24, 2.45) is 0 Å². The first-order valence-corrected chi connectivity index (χ1v) is 9.33. The molecule has 0 atom stereocenters. The van der Waals surface area contributed by atoms with E-state index in [-0.39, 0.29) is 18.4 Å². The number of carbonyl (C=O) groups excluding carboxylic acids is 3. The van der Waals surface area contributed by atoms with Crippen molar-refractivity contribution < 1.29 is 14.4 Å². The molecule has 7 nitrogen and oxygen atoms in total. The smallest absolute Gasteiger partial charge is 0.322 e. The summed E-state index contributed by atoms with van der Waals surface area (Å²) in [6.45, 7) is 1.65. The van der Waals surface area contributed by atoms with E-state index in [0.29, 0.717) is 19.4 Å². The van der Waals surface area contributed by atoms with E-state index in [1.807, 2.05) is 17.0 Å². The Morgan fingerprint density at radius 1 is 1.12 bits per heavy atom. The summed E-state index contributed by atoms with van der Waals surface area (Å²) in [5.74, 6) is -0.653. The van der Waals surface area contributed by atoms with Crippen LogP contribution in [0.25, 0.3) is 0 Å². The molecule has 2 N–H and O–H groups in total. The summed E-state index contributed by atoms with van der Waals surface area (Å²) < 4.78 is 0. The highest BCUT2D eigenvalue weighted by atomic mass is 16.2. The van der Waals surface area contributed by atoms with Gasteiger partial charge >= 0.3 is 6.03 Å². The number of hydrogen-bond acceptors (Lipinski definition) is 4. The van der Waals surface area contributed by atoms with Crippen LogP contribution in [0.4, 0.5) is 4.79 Å². The first-order chi connectivity index (χ1) is 12.6. The normalized spacial score (nSPS) is 22.2. The van der Waals surface area contributed by atoms with E-state index >= 15 is 0 Å². The minimum atomic E-state index is -0.813. The van der Waals surface area contributed by atoms with Crippen molar-refractivity contribution in [2.75, 3.05) is 13.1 Å². The SMILES string of the molecule is O=C(CN1CCc2ccccc2C1)NN1C(=O)NC2(CCCCC2)C1=O. The molecule has 2 fully saturated rings. The molecule has 2 aliphatic heterocycles. The van der Waals surface area contributed by atoms with E-state index in [4.69, 9.17) is 0 Å². The molecule has 4 rings (SSSR count). The van der Waals surface area contributed by atoms with Gasteiger partial charge in [0.1, 0.15) is 5.54 Å². The fraction of sp³-hybridized carbons (Fsp3) is 0.526. The predicted molar refractivity (Wildman–Crippen MR) is 94.8 cm³/mol. The van der Waals surface area contributed by atoms with E-state index in [0.717, 1.165) is 37.2 Å². The molecule has 0 unspecified atom stereocenters. The van der Waals surface area contributed by atoms with Gasteiger partial charge in [-0.1, -0.05) is 43.5 Å². The molecular weight excluding hydrogens is 332 g/mol.